The van der Waals surface area contributed by atoms with Gasteiger partial charge in [-0.05, 0) is 43.3 Å². The molecule has 112 valence electrons. The van der Waals surface area contributed by atoms with Crippen LogP contribution in [0.3, 0.4) is 0 Å². The summed E-state index contributed by atoms with van der Waals surface area (Å²) < 4.78 is 6.45. The minimum atomic E-state index is -0.0401. The molecule has 1 aliphatic rings. The van der Waals surface area contributed by atoms with Crippen LogP contribution >= 0.6 is 0 Å². The number of rotatable bonds is 1. The van der Waals surface area contributed by atoms with Gasteiger partial charge in [0.25, 0.3) is 0 Å². The Morgan fingerprint density at radius 3 is 2.09 bits per heavy atom. The van der Waals surface area contributed by atoms with E-state index in [-0.39, 0.29) is 6.92 Å². The molecule has 1 nitrogen and oxygen atoms in total. The van der Waals surface area contributed by atoms with E-state index >= 15 is 0 Å². The van der Waals surface area contributed by atoms with Gasteiger partial charge in [0.2, 0.25) is 0 Å². The number of benzene rings is 3. The number of para-hydroxylation sites is 1. The molecule has 0 spiro atoms. The van der Waals surface area contributed by atoms with Gasteiger partial charge in [0.15, 0.2) is 0 Å². The summed E-state index contributed by atoms with van der Waals surface area (Å²) in [5, 5.41) is 0. The molecule has 0 saturated heterocycles. The van der Waals surface area contributed by atoms with Crippen LogP contribution in [0.2, 0.25) is 0 Å². The minimum Gasteiger partial charge on any atom is -0.551 e. The maximum atomic E-state index is 6.45. The largest absolute Gasteiger partial charge is 0.551 e. The molecular weight excluding hydrogens is 279 g/mol. The second-order valence-electron chi connectivity index (χ2n) is 6.39. The molecule has 0 atom stereocenters. The molecule has 4 rings (SSSR count). The second kappa shape index (κ2) is 5.31. The predicted octanol–water partition coefficient (Wildman–Crippen LogP) is 3.78. The van der Waals surface area contributed by atoms with E-state index < -0.39 is 0 Å². The molecule has 0 N–H and O–H groups in total. The van der Waals surface area contributed by atoms with Gasteiger partial charge in [-0.1, -0.05) is 71.3 Å². The summed E-state index contributed by atoms with van der Waals surface area (Å²) in [6, 6.07) is 21.4. The summed E-state index contributed by atoms with van der Waals surface area (Å²) in [6.07, 6.45) is 0. The quantitative estimate of drug-likeness (QED) is 0.621. The Morgan fingerprint density at radius 2 is 1.35 bits per heavy atom. The summed E-state index contributed by atoms with van der Waals surface area (Å²) in [6.45, 7) is 6.47. The van der Waals surface area contributed by atoms with E-state index in [1.807, 2.05) is 6.07 Å². The van der Waals surface area contributed by atoms with Crippen LogP contribution < -0.4 is 15.6 Å². The Morgan fingerprint density at radius 1 is 0.739 bits per heavy atom. The minimum absolute atomic E-state index is 0.0401. The first-order chi connectivity index (χ1) is 11.1. The highest BCUT2D eigenvalue weighted by atomic mass is 16.4. The van der Waals surface area contributed by atoms with Crippen LogP contribution in [0.15, 0.2) is 60.7 Å². The summed E-state index contributed by atoms with van der Waals surface area (Å²) in [5.74, 6) is 0.968. The SMILES string of the molecule is Cc1cc(C)c(B2Oc3ccccc3-c3ccccc32)c(C)c1. The van der Waals surface area contributed by atoms with Gasteiger partial charge in [0.05, 0.1) is 0 Å². The van der Waals surface area contributed by atoms with Crippen molar-refractivity contribution < 1.29 is 4.65 Å². The molecule has 3 aromatic rings. The molecule has 0 fully saturated rings. The second-order valence-corrected chi connectivity index (χ2v) is 6.39. The highest BCUT2D eigenvalue weighted by Gasteiger charge is 2.33. The first-order valence-electron chi connectivity index (χ1n) is 8.08. The van der Waals surface area contributed by atoms with Crippen LogP contribution in [0.4, 0.5) is 0 Å². The Balaban J connectivity index is 1.96. The highest BCUT2D eigenvalue weighted by Crippen LogP contribution is 2.33. The van der Waals surface area contributed by atoms with Gasteiger partial charge >= 0.3 is 6.92 Å². The van der Waals surface area contributed by atoms with Crippen molar-refractivity contribution in [2.45, 2.75) is 20.8 Å². The number of hydrogen-bond acceptors (Lipinski definition) is 1. The van der Waals surface area contributed by atoms with Gasteiger partial charge in [-0.25, -0.2) is 0 Å². The van der Waals surface area contributed by atoms with Crippen molar-refractivity contribution in [3.8, 4) is 16.9 Å². The number of fused-ring (bicyclic) bond motifs is 3. The summed E-state index contributed by atoms with van der Waals surface area (Å²) >= 11 is 0. The lowest BCUT2D eigenvalue weighted by atomic mass is 9.50. The molecule has 0 unspecified atom stereocenters. The maximum absolute atomic E-state index is 6.45. The smallest absolute Gasteiger partial charge is 0.427 e. The van der Waals surface area contributed by atoms with Crippen molar-refractivity contribution in [1.29, 1.82) is 0 Å². The average Bonchev–Trinajstić information content (AvgIpc) is 2.54. The van der Waals surface area contributed by atoms with Crippen molar-refractivity contribution in [1.82, 2.24) is 0 Å². The van der Waals surface area contributed by atoms with Crippen LogP contribution in [0.5, 0.6) is 5.75 Å². The third kappa shape index (κ3) is 2.26. The lowest BCUT2D eigenvalue weighted by Crippen LogP contribution is -2.52. The van der Waals surface area contributed by atoms with Crippen molar-refractivity contribution in [2.24, 2.45) is 0 Å². The van der Waals surface area contributed by atoms with E-state index in [4.69, 9.17) is 4.65 Å². The summed E-state index contributed by atoms with van der Waals surface area (Å²) in [4.78, 5) is 0. The van der Waals surface area contributed by atoms with Gasteiger partial charge < -0.3 is 4.65 Å². The van der Waals surface area contributed by atoms with Gasteiger partial charge in [-0.2, -0.15) is 0 Å². The van der Waals surface area contributed by atoms with Crippen LogP contribution in [0, 0.1) is 20.8 Å². The van der Waals surface area contributed by atoms with E-state index in [0.29, 0.717) is 0 Å². The first kappa shape index (κ1) is 14.1. The highest BCUT2D eigenvalue weighted by molar-refractivity contribution is 6.83. The van der Waals surface area contributed by atoms with Gasteiger partial charge in [0, 0.05) is 5.56 Å². The number of aryl methyl sites for hydroxylation is 3. The predicted molar refractivity (Wildman–Crippen MR) is 98.2 cm³/mol. The Bertz CT molecular complexity index is 875. The molecular formula is C21H19BO. The lowest BCUT2D eigenvalue weighted by molar-refractivity contribution is 0.590. The first-order valence-corrected chi connectivity index (χ1v) is 8.08. The van der Waals surface area contributed by atoms with E-state index in [2.05, 4.69) is 75.4 Å². The van der Waals surface area contributed by atoms with E-state index in [0.717, 1.165) is 5.75 Å². The molecule has 0 amide bonds. The third-order valence-corrected chi connectivity index (χ3v) is 4.67. The van der Waals surface area contributed by atoms with Gasteiger partial charge in [0.1, 0.15) is 5.75 Å². The molecule has 23 heavy (non-hydrogen) atoms. The molecule has 0 aromatic heterocycles. The lowest BCUT2D eigenvalue weighted by Gasteiger charge is -2.28. The fourth-order valence-electron chi connectivity index (χ4n) is 3.77. The van der Waals surface area contributed by atoms with Crippen molar-refractivity contribution in [3.63, 3.8) is 0 Å². The van der Waals surface area contributed by atoms with Gasteiger partial charge in [-0.3, -0.25) is 0 Å². The zero-order valence-corrected chi connectivity index (χ0v) is 13.8. The molecule has 0 bridgehead atoms. The normalized spacial score (nSPS) is 12.4. The van der Waals surface area contributed by atoms with Crippen LogP contribution in [-0.4, -0.2) is 6.92 Å². The summed E-state index contributed by atoms with van der Waals surface area (Å²) in [7, 11) is 0. The number of hydrogen-bond donors (Lipinski definition) is 0. The Hall–Kier alpha value is -2.48. The molecule has 1 aliphatic heterocycles. The van der Waals surface area contributed by atoms with E-state index in [1.54, 1.807) is 0 Å². The fraction of sp³-hybridized carbons (Fsp3) is 0.143. The molecule has 0 radical (unpaired) electrons. The molecule has 3 aromatic carbocycles. The Labute approximate surface area is 138 Å². The molecule has 1 heterocycles. The zero-order chi connectivity index (χ0) is 16.0. The zero-order valence-electron chi connectivity index (χ0n) is 13.8. The van der Waals surface area contributed by atoms with Crippen LogP contribution in [0.25, 0.3) is 11.1 Å². The van der Waals surface area contributed by atoms with E-state index in [1.165, 1.54) is 38.7 Å². The monoisotopic (exact) mass is 298 g/mol. The molecule has 0 saturated carbocycles. The van der Waals surface area contributed by atoms with Gasteiger partial charge in [-0.15, -0.1) is 0 Å². The standard InChI is InChI=1S/C21H19BO/c1-14-12-15(2)21(16(3)13-14)22-19-10-6-4-8-17(19)18-9-5-7-11-20(18)23-22/h4-13H,1-3H3. The third-order valence-electron chi connectivity index (χ3n) is 4.67. The topological polar surface area (TPSA) is 9.23 Å². The average molecular weight is 298 g/mol. The van der Waals surface area contributed by atoms with Crippen LogP contribution in [0.1, 0.15) is 16.7 Å². The van der Waals surface area contributed by atoms with Crippen molar-refractivity contribution >= 4 is 17.8 Å². The molecule has 0 aliphatic carbocycles. The summed E-state index contributed by atoms with van der Waals surface area (Å²) in [5.41, 5.74) is 8.89. The maximum Gasteiger partial charge on any atom is 0.427 e. The van der Waals surface area contributed by atoms with Crippen LogP contribution in [-0.2, 0) is 0 Å². The molecule has 2 heteroatoms. The fourth-order valence-corrected chi connectivity index (χ4v) is 3.77. The van der Waals surface area contributed by atoms with E-state index in [9.17, 15) is 0 Å². The van der Waals surface area contributed by atoms with Crippen molar-refractivity contribution in [3.05, 3.63) is 77.4 Å². The van der Waals surface area contributed by atoms with Crippen molar-refractivity contribution in [2.75, 3.05) is 0 Å². The Kier molecular flexibility index (Phi) is 3.26.